The van der Waals surface area contributed by atoms with E-state index in [0.29, 0.717) is 17.1 Å². The van der Waals surface area contributed by atoms with E-state index in [-0.39, 0.29) is 5.02 Å². The maximum absolute atomic E-state index is 13.4. The zero-order valence-corrected chi connectivity index (χ0v) is 10.4. The van der Waals surface area contributed by atoms with Gasteiger partial charge in [-0.3, -0.25) is 0 Å². The number of aryl methyl sites for hydroxylation is 1. The number of benzene rings is 1. The number of halogens is 2. The predicted octanol–water partition coefficient (Wildman–Crippen LogP) is 3.25. The van der Waals surface area contributed by atoms with Crippen molar-refractivity contribution in [2.24, 2.45) is 0 Å². The van der Waals surface area contributed by atoms with Gasteiger partial charge in [0.1, 0.15) is 23.2 Å². The molecular formula is C12H13ClFN3. The van der Waals surface area contributed by atoms with Gasteiger partial charge in [-0.25, -0.2) is 9.37 Å². The molecule has 0 fully saturated rings. The lowest BCUT2D eigenvalue weighted by Gasteiger charge is -2.04. The minimum atomic E-state index is -0.465. The Morgan fingerprint density at radius 2 is 2.18 bits per heavy atom. The largest absolute Gasteiger partial charge is 0.383 e. The van der Waals surface area contributed by atoms with Gasteiger partial charge in [0.05, 0.1) is 5.02 Å². The Morgan fingerprint density at radius 1 is 1.47 bits per heavy atom. The lowest BCUT2D eigenvalue weighted by Crippen LogP contribution is -2.02. The number of hydrogen-bond acceptors (Lipinski definition) is 2. The highest BCUT2D eigenvalue weighted by Gasteiger charge is 2.13. The van der Waals surface area contributed by atoms with E-state index < -0.39 is 5.82 Å². The van der Waals surface area contributed by atoms with Gasteiger partial charge in [-0.15, -0.1) is 0 Å². The molecule has 0 saturated carbocycles. The lowest BCUT2D eigenvalue weighted by atomic mass is 10.1. The highest BCUT2D eigenvalue weighted by Crippen LogP contribution is 2.28. The third-order valence-corrected chi connectivity index (χ3v) is 3.01. The Balaban J connectivity index is 2.57. The first-order chi connectivity index (χ1) is 8.04. The summed E-state index contributed by atoms with van der Waals surface area (Å²) in [5.41, 5.74) is 7.22. The first-order valence-electron chi connectivity index (χ1n) is 5.32. The molecule has 90 valence electrons. The van der Waals surface area contributed by atoms with Crippen molar-refractivity contribution in [1.29, 1.82) is 0 Å². The van der Waals surface area contributed by atoms with Crippen molar-refractivity contribution in [2.45, 2.75) is 20.4 Å². The monoisotopic (exact) mass is 253 g/mol. The Kier molecular flexibility index (Phi) is 3.07. The summed E-state index contributed by atoms with van der Waals surface area (Å²) in [5.74, 6) is 0.898. The predicted molar refractivity (Wildman–Crippen MR) is 67.5 cm³/mol. The molecule has 2 rings (SSSR count). The number of aromatic nitrogens is 2. The molecule has 0 bridgehead atoms. The van der Waals surface area contributed by atoms with Crippen molar-refractivity contribution in [3.05, 3.63) is 34.9 Å². The van der Waals surface area contributed by atoms with Crippen LogP contribution in [0.2, 0.25) is 5.02 Å². The van der Waals surface area contributed by atoms with Crippen LogP contribution in [0.5, 0.6) is 0 Å². The van der Waals surface area contributed by atoms with Gasteiger partial charge in [-0.1, -0.05) is 17.7 Å². The quantitative estimate of drug-likeness (QED) is 0.893. The standard InChI is InChI=1S/C12H13ClFN3/c1-3-17-7(2)16-11(12(17)15)8-4-5-9(13)10(14)6-8/h4-6H,3,15H2,1-2H3. The van der Waals surface area contributed by atoms with Crippen LogP contribution in [0.1, 0.15) is 12.7 Å². The Morgan fingerprint density at radius 3 is 2.71 bits per heavy atom. The summed E-state index contributed by atoms with van der Waals surface area (Å²) in [6.07, 6.45) is 0. The molecule has 0 unspecified atom stereocenters. The number of nitrogens with two attached hydrogens (primary N) is 1. The van der Waals surface area contributed by atoms with Crippen molar-refractivity contribution in [3.63, 3.8) is 0 Å². The summed E-state index contributed by atoms with van der Waals surface area (Å²) in [6, 6.07) is 4.57. The van der Waals surface area contributed by atoms with Crippen LogP contribution in [0, 0.1) is 12.7 Å². The Hall–Kier alpha value is -1.55. The summed E-state index contributed by atoms with van der Waals surface area (Å²) in [6.45, 7) is 4.59. The zero-order valence-electron chi connectivity index (χ0n) is 9.67. The van der Waals surface area contributed by atoms with E-state index in [2.05, 4.69) is 4.98 Å². The highest BCUT2D eigenvalue weighted by atomic mass is 35.5. The molecule has 1 heterocycles. The van der Waals surface area contributed by atoms with Gasteiger partial charge in [0.2, 0.25) is 0 Å². The van der Waals surface area contributed by atoms with Crippen LogP contribution in [0.25, 0.3) is 11.3 Å². The second-order valence-electron chi connectivity index (χ2n) is 3.77. The van der Waals surface area contributed by atoms with Gasteiger partial charge in [-0.2, -0.15) is 0 Å². The fourth-order valence-corrected chi connectivity index (χ4v) is 1.95. The normalized spacial score (nSPS) is 10.8. The van der Waals surface area contributed by atoms with Gasteiger partial charge in [0.25, 0.3) is 0 Å². The van der Waals surface area contributed by atoms with Crippen LogP contribution in [0.4, 0.5) is 10.2 Å². The van der Waals surface area contributed by atoms with Crippen LogP contribution >= 0.6 is 11.6 Å². The Labute approximate surface area is 104 Å². The topological polar surface area (TPSA) is 43.8 Å². The van der Waals surface area contributed by atoms with E-state index in [1.165, 1.54) is 12.1 Å². The maximum Gasteiger partial charge on any atom is 0.142 e. The summed E-state index contributed by atoms with van der Waals surface area (Å²) >= 11 is 5.64. The smallest absolute Gasteiger partial charge is 0.142 e. The number of nitrogens with zero attached hydrogens (tertiary/aromatic N) is 2. The third-order valence-electron chi connectivity index (χ3n) is 2.71. The molecule has 0 aliphatic heterocycles. The lowest BCUT2D eigenvalue weighted by molar-refractivity contribution is 0.628. The van der Waals surface area contributed by atoms with Crippen LogP contribution < -0.4 is 5.73 Å². The number of anilines is 1. The number of imidazole rings is 1. The highest BCUT2D eigenvalue weighted by molar-refractivity contribution is 6.30. The van der Waals surface area contributed by atoms with Gasteiger partial charge in [0, 0.05) is 12.1 Å². The van der Waals surface area contributed by atoms with Crippen molar-refractivity contribution in [3.8, 4) is 11.3 Å². The minimum absolute atomic E-state index is 0.0963. The molecule has 17 heavy (non-hydrogen) atoms. The second kappa shape index (κ2) is 4.37. The molecule has 0 aliphatic rings. The first kappa shape index (κ1) is 11.9. The average molecular weight is 254 g/mol. The molecular weight excluding hydrogens is 241 g/mol. The molecule has 0 saturated heterocycles. The van der Waals surface area contributed by atoms with E-state index in [1.807, 2.05) is 18.4 Å². The molecule has 5 heteroatoms. The van der Waals surface area contributed by atoms with Crippen molar-refractivity contribution >= 4 is 17.4 Å². The molecule has 3 nitrogen and oxygen atoms in total. The molecule has 1 aromatic heterocycles. The molecule has 1 aromatic carbocycles. The van der Waals surface area contributed by atoms with Gasteiger partial charge in [-0.05, 0) is 26.0 Å². The van der Waals surface area contributed by atoms with Crippen LogP contribution in [0.3, 0.4) is 0 Å². The van der Waals surface area contributed by atoms with E-state index in [4.69, 9.17) is 17.3 Å². The van der Waals surface area contributed by atoms with Crippen LogP contribution in [-0.4, -0.2) is 9.55 Å². The van der Waals surface area contributed by atoms with Crippen LogP contribution in [0.15, 0.2) is 18.2 Å². The fraction of sp³-hybridized carbons (Fsp3) is 0.250. The molecule has 0 amide bonds. The molecule has 2 aromatic rings. The average Bonchev–Trinajstić information content (AvgIpc) is 2.58. The third kappa shape index (κ3) is 2.00. The number of nitrogen functional groups attached to an aromatic ring is 1. The Bertz CT molecular complexity index is 563. The summed E-state index contributed by atoms with van der Waals surface area (Å²) < 4.78 is 15.3. The summed E-state index contributed by atoms with van der Waals surface area (Å²) in [4.78, 5) is 4.35. The molecule has 0 aliphatic carbocycles. The molecule has 2 N–H and O–H groups in total. The zero-order chi connectivity index (χ0) is 12.6. The van der Waals surface area contributed by atoms with E-state index in [9.17, 15) is 4.39 Å². The van der Waals surface area contributed by atoms with E-state index in [0.717, 1.165) is 12.4 Å². The van der Waals surface area contributed by atoms with Crippen LogP contribution in [-0.2, 0) is 6.54 Å². The van der Waals surface area contributed by atoms with E-state index in [1.54, 1.807) is 6.07 Å². The van der Waals surface area contributed by atoms with Gasteiger partial charge in [0.15, 0.2) is 0 Å². The number of rotatable bonds is 2. The van der Waals surface area contributed by atoms with Gasteiger partial charge >= 0.3 is 0 Å². The SMILES string of the molecule is CCn1c(C)nc(-c2ccc(Cl)c(F)c2)c1N. The summed E-state index contributed by atoms with van der Waals surface area (Å²) in [7, 11) is 0. The molecule has 0 radical (unpaired) electrons. The van der Waals surface area contributed by atoms with E-state index >= 15 is 0 Å². The van der Waals surface area contributed by atoms with Crippen molar-refractivity contribution in [1.82, 2.24) is 9.55 Å². The maximum atomic E-state index is 13.4. The fourth-order valence-electron chi connectivity index (χ4n) is 1.84. The second-order valence-corrected chi connectivity index (χ2v) is 4.17. The molecule has 0 spiro atoms. The van der Waals surface area contributed by atoms with Crippen molar-refractivity contribution < 1.29 is 4.39 Å². The van der Waals surface area contributed by atoms with Crippen molar-refractivity contribution in [2.75, 3.05) is 5.73 Å². The summed E-state index contributed by atoms with van der Waals surface area (Å²) in [5, 5.41) is 0.0963. The minimum Gasteiger partial charge on any atom is -0.383 e. The van der Waals surface area contributed by atoms with Gasteiger partial charge < -0.3 is 10.3 Å². The first-order valence-corrected chi connectivity index (χ1v) is 5.70. The molecule has 0 atom stereocenters. The number of hydrogen-bond donors (Lipinski definition) is 1.